The highest BCUT2D eigenvalue weighted by molar-refractivity contribution is 5.97. The first-order valence-electron chi connectivity index (χ1n) is 8.69. The number of carbonyl (C=O) groups excluding carboxylic acids is 2. The van der Waals surface area contributed by atoms with Crippen molar-refractivity contribution in [3.05, 3.63) is 23.9 Å². The van der Waals surface area contributed by atoms with Crippen molar-refractivity contribution in [1.82, 2.24) is 15.2 Å². The molecule has 1 aromatic rings. The average Bonchev–Trinajstić information content (AvgIpc) is 2.60. The van der Waals surface area contributed by atoms with Crippen molar-refractivity contribution in [2.45, 2.75) is 26.3 Å². The number of rotatable bonds is 6. The van der Waals surface area contributed by atoms with Crippen LogP contribution in [-0.2, 0) is 9.53 Å². The Morgan fingerprint density at radius 3 is 2.56 bits per heavy atom. The van der Waals surface area contributed by atoms with Gasteiger partial charge in [-0.3, -0.25) is 4.79 Å². The smallest absolute Gasteiger partial charge is 0.328 e. The van der Waals surface area contributed by atoms with Crippen LogP contribution in [0.4, 0.5) is 5.82 Å². The lowest BCUT2D eigenvalue weighted by Crippen LogP contribution is -2.45. The second-order valence-corrected chi connectivity index (χ2v) is 6.87. The molecule has 1 aliphatic rings. The van der Waals surface area contributed by atoms with Gasteiger partial charge in [-0.05, 0) is 31.5 Å². The van der Waals surface area contributed by atoms with E-state index in [1.165, 1.54) is 7.11 Å². The van der Waals surface area contributed by atoms with E-state index in [0.29, 0.717) is 12.0 Å². The average molecular weight is 348 g/mol. The molecule has 0 radical (unpaired) electrons. The van der Waals surface area contributed by atoms with Gasteiger partial charge in [0.15, 0.2) is 0 Å². The highest BCUT2D eigenvalue weighted by atomic mass is 16.5. The number of nitrogens with one attached hydrogen (secondary N) is 1. The standard InChI is InChI=1S/C18H28N4O3/c1-13(2)11-15(18(24)25-4)20-17(23)14-5-6-19-16(12-14)22-9-7-21(3)8-10-22/h5-6,12-13,15H,7-11H2,1-4H3,(H,20,23)/t15-/m0/s1. The summed E-state index contributed by atoms with van der Waals surface area (Å²) in [6.45, 7) is 7.70. The molecule has 1 atom stereocenters. The molecule has 1 fully saturated rings. The van der Waals surface area contributed by atoms with Gasteiger partial charge >= 0.3 is 5.97 Å². The van der Waals surface area contributed by atoms with Crippen LogP contribution in [0.1, 0.15) is 30.6 Å². The largest absolute Gasteiger partial charge is 0.467 e. The molecule has 1 saturated heterocycles. The van der Waals surface area contributed by atoms with Gasteiger partial charge in [0.1, 0.15) is 11.9 Å². The fraction of sp³-hybridized carbons (Fsp3) is 0.611. The number of piperazine rings is 1. The van der Waals surface area contributed by atoms with E-state index in [-0.39, 0.29) is 11.8 Å². The van der Waals surface area contributed by atoms with Crippen molar-refractivity contribution in [2.75, 3.05) is 45.2 Å². The summed E-state index contributed by atoms with van der Waals surface area (Å²) in [6.07, 6.45) is 2.17. The topological polar surface area (TPSA) is 74.8 Å². The summed E-state index contributed by atoms with van der Waals surface area (Å²) in [4.78, 5) is 33.3. The van der Waals surface area contributed by atoms with E-state index < -0.39 is 12.0 Å². The molecular formula is C18H28N4O3. The van der Waals surface area contributed by atoms with Crippen LogP contribution < -0.4 is 10.2 Å². The first kappa shape index (κ1) is 19.2. The van der Waals surface area contributed by atoms with Crippen LogP contribution in [0.2, 0.25) is 0 Å². The van der Waals surface area contributed by atoms with Crippen LogP contribution in [0.25, 0.3) is 0 Å². The molecule has 0 bridgehead atoms. The second kappa shape index (κ2) is 8.80. The van der Waals surface area contributed by atoms with Crippen molar-refractivity contribution in [1.29, 1.82) is 0 Å². The molecule has 0 aromatic carbocycles. The molecule has 0 saturated carbocycles. The van der Waals surface area contributed by atoms with Crippen LogP contribution >= 0.6 is 0 Å². The van der Waals surface area contributed by atoms with Gasteiger partial charge in [0.25, 0.3) is 5.91 Å². The Balaban J connectivity index is 2.08. The zero-order valence-electron chi connectivity index (χ0n) is 15.5. The molecule has 1 amide bonds. The van der Waals surface area contributed by atoms with Crippen LogP contribution in [0.15, 0.2) is 18.3 Å². The number of ether oxygens (including phenoxy) is 1. The lowest BCUT2D eigenvalue weighted by Gasteiger charge is -2.33. The maximum Gasteiger partial charge on any atom is 0.328 e. The summed E-state index contributed by atoms with van der Waals surface area (Å²) in [5, 5.41) is 2.78. The Kier molecular flexibility index (Phi) is 6.75. The predicted octanol–water partition coefficient (Wildman–Crippen LogP) is 1.15. The van der Waals surface area contributed by atoms with Gasteiger partial charge in [0, 0.05) is 37.9 Å². The summed E-state index contributed by atoms with van der Waals surface area (Å²) in [5.41, 5.74) is 0.501. The van der Waals surface area contributed by atoms with Crippen molar-refractivity contribution in [2.24, 2.45) is 5.92 Å². The Morgan fingerprint density at radius 2 is 1.96 bits per heavy atom. The number of hydrogen-bond donors (Lipinski definition) is 1. The zero-order valence-corrected chi connectivity index (χ0v) is 15.5. The summed E-state index contributed by atoms with van der Waals surface area (Å²) in [7, 11) is 3.43. The maximum absolute atomic E-state index is 12.6. The van der Waals surface area contributed by atoms with E-state index in [1.54, 1.807) is 18.3 Å². The van der Waals surface area contributed by atoms with Gasteiger partial charge in [-0.2, -0.15) is 0 Å². The minimum atomic E-state index is -0.641. The number of carbonyl (C=O) groups is 2. The Morgan fingerprint density at radius 1 is 1.28 bits per heavy atom. The number of aromatic nitrogens is 1. The van der Waals surface area contributed by atoms with E-state index >= 15 is 0 Å². The molecule has 1 N–H and O–H groups in total. The van der Waals surface area contributed by atoms with Gasteiger partial charge in [-0.1, -0.05) is 13.8 Å². The summed E-state index contributed by atoms with van der Waals surface area (Å²) < 4.78 is 4.80. The second-order valence-electron chi connectivity index (χ2n) is 6.87. The normalized spacial score (nSPS) is 16.6. The van der Waals surface area contributed by atoms with Crippen molar-refractivity contribution in [3.8, 4) is 0 Å². The van der Waals surface area contributed by atoms with Crippen molar-refractivity contribution >= 4 is 17.7 Å². The molecule has 7 heteroatoms. The van der Waals surface area contributed by atoms with E-state index in [0.717, 1.165) is 32.0 Å². The number of amides is 1. The van der Waals surface area contributed by atoms with Crippen LogP contribution in [-0.4, -0.2) is 68.1 Å². The Labute approximate surface area is 149 Å². The van der Waals surface area contributed by atoms with Gasteiger partial charge in [0.2, 0.25) is 0 Å². The molecule has 7 nitrogen and oxygen atoms in total. The maximum atomic E-state index is 12.6. The highest BCUT2D eigenvalue weighted by Gasteiger charge is 2.24. The number of nitrogens with zero attached hydrogens (tertiary/aromatic N) is 3. The Hall–Kier alpha value is -2.15. The quantitative estimate of drug-likeness (QED) is 0.778. The molecule has 2 rings (SSSR count). The fourth-order valence-corrected chi connectivity index (χ4v) is 2.84. The van der Waals surface area contributed by atoms with Crippen molar-refractivity contribution < 1.29 is 14.3 Å². The monoisotopic (exact) mass is 348 g/mol. The molecule has 0 unspecified atom stereocenters. The van der Waals surface area contributed by atoms with E-state index in [9.17, 15) is 9.59 Å². The first-order chi connectivity index (χ1) is 11.9. The van der Waals surface area contributed by atoms with Gasteiger partial charge in [-0.15, -0.1) is 0 Å². The first-order valence-corrected chi connectivity index (χ1v) is 8.69. The highest BCUT2D eigenvalue weighted by Crippen LogP contribution is 2.15. The lowest BCUT2D eigenvalue weighted by molar-refractivity contribution is -0.143. The molecule has 138 valence electrons. The SMILES string of the molecule is COC(=O)[C@H](CC(C)C)NC(=O)c1ccnc(N2CCN(C)CC2)c1. The lowest BCUT2D eigenvalue weighted by atomic mass is 10.0. The molecule has 25 heavy (non-hydrogen) atoms. The van der Waals surface area contributed by atoms with Crippen molar-refractivity contribution in [3.63, 3.8) is 0 Å². The number of likely N-dealkylation sites (N-methyl/N-ethyl adjacent to an activating group) is 1. The van der Waals surface area contributed by atoms with E-state index in [1.807, 2.05) is 13.8 Å². The number of esters is 1. The van der Waals surface area contributed by atoms with Crippen LogP contribution in [0.5, 0.6) is 0 Å². The minimum Gasteiger partial charge on any atom is -0.467 e. The Bertz CT molecular complexity index is 598. The summed E-state index contributed by atoms with van der Waals surface area (Å²) >= 11 is 0. The third-order valence-electron chi connectivity index (χ3n) is 4.33. The van der Waals surface area contributed by atoms with E-state index in [2.05, 4.69) is 27.1 Å². The summed E-state index contributed by atoms with van der Waals surface area (Å²) in [6, 6.07) is 2.81. The van der Waals surface area contributed by atoms with Crippen LogP contribution in [0.3, 0.4) is 0 Å². The van der Waals surface area contributed by atoms with Crippen LogP contribution in [0, 0.1) is 5.92 Å². The van der Waals surface area contributed by atoms with Gasteiger partial charge < -0.3 is 19.9 Å². The number of hydrogen-bond acceptors (Lipinski definition) is 6. The molecule has 0 aliphatic carbocycles. The minimum absolute atomic E-state index is 0.266. The van der Waals surface area contributed by atoms with Gasteiger partial charge in [-0.25, -0.2) is 9.78 Å². The number of pyridine rings is 1. The van der Waals surface area contributed by atoms with E-state index in [4.69, 9.17) is 4.74 Å². The summed E-state index contributed by atoms with van der Waals surface area (Å²) in [5.74, 6) is 0.353. The molecule has 0 spiro atoms. The molecule has 1 aromatic heterocycles. The van der Waals surface area contributed by atoms with Gasteiger partial charge in [0.05, 0.1) is 7.11 Å². The molecular weight excluding hydrogens is 320 g/mol. The third-order valence-corrected chi connectivity index (χ3v) is 4.33. The predicted molar refractivity (Wildman–Crippen MR) is 96.7 cm³/mol. The number of methoxy groups -OCH3 is 1. The number of anilines is 1. The third kappa shape index (κ3) is 5.42. The molecule has 2 heterocycles. The zero-order chi connectivity index (χ0) is 18.4. The molecule has 1 aliphatic heterocycles. The fourth-order valence-electron chi connectivity index (χ4n) is 2.84.